The Morgan fingerprint density at radius 1 is 1.07 bits per heavy atom. The molecule has 0 aliphatic carbocycles. The maximum atomic E-state index is 12.8. The van der Waals surface area contributed by atoms with Crippen LogP contribution in [0.5, 0.6) is 5.75 Å². The minimum atomic E-state index is -0.296. The average molecular weight is 392 g/mol. The topological polar surface area (TPSA) is 58.6 Å². The lowest BCUT2D eigenvalue weighted by Gasteiger charge is -2.21. The highest BCUT2D eigenvalue weighted by Gasteiger charge is 2.17. The van der Waals surface area contributed by atoms with E-state index in [-0.39, 0.29) is 18.4 Å². The van der Waals surface area contributed by atoms with Crippen molar-refractivity contribution < 1.29 is 14.3 Å². The summed E-state index contributed by atoms with van der Waals surface area (Å²) in [6, 6.07) is 20.1. The fourth-order valence-electron chi connectivity index (χ4n) is 2.58. The number of para-hydroxylation sites is 1. The largest absolute Gasteiger partial charge is 0.497 e. The highest BCUT2D eigenvalue weighted by molar-refractivity contribution is 7.10. The quantitative estimate of drug-likeness (QED) is 0.605. The van der Waals surface area contributed by atoms with Crippen LogP contribution in [0.2, 0.25) is 0 Å². The molecule has 1 N–H and O–H groups in total. The molecule has 0 spiro atoms. The second kappa shape index (κ2) is 9.53. The van der Waals surface area contributed by atoms with Crippen molar-refractivity contribution >= 4 is 40.6 Å². The van der Waals surface area contributed by atoms with E-state index in [4.69, 9.17) is 4.74 Å². The third kappa shape index (κ3) is 5.31. The number of carbonyl (C=O) groups is 2. The monoisotopic (exact) mass is 392 g/mol. The van der Waals surface area contributed by atoms with Crippen molar-refractivity contribution in [1.29, 1.82) is 0 Å². The highest BCUT2D eigenvalue weighted by Crippen LogP contribution is 2.18. The molecule has 0 unspecified atom stereocenters. The van der Waals surface area contributed by atoms with Crippen molar-refractivity contribution in [3.05, 3.63) is 83.1 Å². The first-order valence-corrected chi connectivity index (χ1v) is 9.56. The minimum absolute atomic E-state index is 0.102. The maximum absolute atomic E-state index is 12.8. The van der Waals surface area contributed by atoms with E-state index in [0.29, 0.717) is 17.1 Å². The molecule has 3 rings (SSSR count). The molecule has 142 valence electrons. The smallest absolute Gasteiger partial charge is 0.251 e. The lowest BCUT2D eigenvalue weighted by molar-refractivity contribution is -0.119. The molecule has 1 aromatic heterocycles. The summed E-state index contributed by atoms with van der Waals surface area (Å²) in [5.74, 6) is 0.0862. The van der Waals surface area contributed by atoms with Crippen molar-refractivity contribution in [1.82, 2.24) is 0 Å². The van der Waals surface area contributed by atoms with Gasteiger partial charge in [-0.2, -0.15) is 0 Å². The van der Waals surface area contributed by atoms with Crippen LogP contribution < -0.4 is 15.0 Å². The summed E-state index contributed by atoms with van der Waals surface area (Å²) in [6.45, 7) is -0.102. The van der Waals surface area contributed by atoms with Gasteiger partial charge in [0, 0.05) is 28.4 Å². The number of hydrogen-bond acceptors (Lipinski definition) is 4. The van der Waals surface area contributed by atoms with Gasteiger partial charge in [0.05, 0.1) is 7.11 Å². The predicted molar refractivity (Wildman–Crippen MR) is 114 cm³/mol. The van der Waals surface area contributed by atoms with E-state index >= 15 is 0 Å². The third-order valence-electron chi connectivity index (χ3n) is 3.92. The standard InChI is InChI=1S/C22H20N2O3S/c1-27-19-10-5-7-17(15-19)23-21(25)16-24(18-8-3-2-4-9-18)22(26)13-12-20-11-6-14-28-20/h2-15H,16H2,1H3,(H,23,25). The molecular formula is C22H20N2O3S. The number of amides is 2. The predicted octanol–water partition coefficient (Wildman–Crippen LogP) is 4.44. The van der Waals surface area contributed by atoms with Gasteiger partial charge in [-0.3, -0.25) is 14.5 Å². The van der Waals surface area contributed by atoms with E-state index in [2.05, 4.69) is 5.32 Å². The summed E-state index contributed by atoms with van der Waals surface area (Å²) in [5.41, 5.74) is 1.27. The molecule has 2 amide bonds. The van der Waals surface area contributed by atoms with Gasteiger partial charge in [-0.05, 0) is 41.8 Å². The molecule has 0 saturated carbocycles. The van der Waals surface area contributed by atoms with E-state index in [1.807, 2.05) is 35.7 Å². The zero-order valence-corrected chi connectivity index (χ0v) is 16.2. The first-order chi connectivity index (χ1) is 13.7. The molecule has 6 heteroatoms. The van der Waals surface area contributed by atoms with E-state index in [9.17, 15) is 9.59 Å². The van der Waals surface area contributed by atoms with Crippen molar-refractivity contribution in [3.63, 3.8) is 0 Å². The van der Waals surface area contributed by atoms with Gasteiger partial charge < -0.3 is 10.1 Å². The van der Waals surface area contributed by atoms with Gasteiger partial charge >= 0.3 is 0 Å². The molecule has 0 saturated heterocycles. The number of anilines is 2. The molecular weight excluding hydrogens is 372 g/mol. The van der Waals surface area contributed by atoms with Crippen LogP contribution >= 0.6 is 11.3 Å². The number of benzene rings is 2. The number of thiophene rings is 1. The van der Waals surface area contributed by atoms with Crippen LogP contribution in [0.4, 0.5) is 11.4 Å². The average Bonchev–Trinajstić information content (AvgIpc) is 3.25. The molecule has 3 aromatic rings. The second-order valence-electron chi connectivity index (χ2n) is 5.89. The van der Waals surface area contributed by atoms with Crippen molar-refractivity contribution in [2.45, 2.75) is 0 Å². The number of rotatable bonds is 7. The van der Waals surface area contributed by atoms with Crippen LogP contribution in [0.25, 0.3) is 6.08 Å². The van der Waals surface area contributed by atoms with Crippen LogP contribution in [0, 0.1) is 0 Å². The summed E-state index contributed by atoms with van der Waals surface area (Å²) >= 11 is 1.54. The summed E-state index contributed by atoms with van der Waals surface area (Å²) in [6.07, 6.45) is 3.24. The van der Waals surface area contributed by atoms with E-state index in [0.717, 1.165) is 4.88 Å². The maximum Gasteiger partial charge on any atom is 0.251 e. The number of ether oxygens (including phenoxy) is 1. The number of hydrogen-bond donors (Lipinski definition) is 1. The zero-order valence-electron chi connectivity index (χ0n) is 15.4. The van der Waals surface area contributed by atoms with Crippen molar-refractivity contribution in [2.24, 2.45) is 0 Å². The molecule has 0 atom stereocenters. The van der Waals surface area contributed by atoms with Gasteiger partial charge in [-0.1, -0.05) is 30.3 Å². The van der Waals surface area contributed by atoms with Gasteiger partial charge in [0.1, 0.15) is 12.3 Å². The lowest BCUT2D eigenvalue weighted by atomic mass is 10.2. The Kier molecular flexibility index (Phi) is 6.59. The zero-order chi connectivity index (χ0) is 19.8. The third-order valence-corrected chi connectivity index (χ3v) is 4.76. The molecule has 0 aliphatic heterocycles. The Morgan fingerprint density at radius 3 is 2.61 bits per heavy atom. The van der Waals surface area contributed by atoms with Gasteiger partial charge in [-0.25, -0.2) is 0 Å². The molecule has 28 heavy (non-hydrogen) atoms. The van der Waals surface area contributed by atoms with Gasteiger partial charge in [0.25, 0.3) is 5.91 Å². The van der Waals surface area contributed by atoms with Crippen LogP contribution in [0.3, 0.4) is 0 Å². The Morgan fingerprint density at radius 2 is 1.89 bits per heavy atom. The fourth-order valence-corrected chi connectivity index (χ4v) is 3.20. The van der Waals surface area contributed by atoms with E-state index < -0.39 is 0 Å². The van der Waals surface area contributed by atoms with E-state index in [1.54, 1.807) is 60.9 Å². The number of nitrogens with one attached hydrogen (secondary N) is 1. The Bertz CT molecular complexity index is 953. The van der Waals surface area contributed by atoms with Crippen molar-refractivity contribution in [2.75, 3.05) is 23.9 Å². The first-order valence-electron chi connectivity index (χ1n) is 8.68. The van der Waals surface area contributed by atoms with Gasteiger partial charge in [0.15, 0.2) is 0 Å². The number of methoxy groups -OCH3 is 1. The molecule has 1 heterocycles. The molecule has 0 radical (unpaired) electrons. The molecule has 0 bridgehead atoms. The highest BCUT2D eigenvalue weighted by atomic mass is 32.1. The fraction of sp³-hybridized carbons (Fsp3) is 0.0909. The van der Waals surface area contributed by atoms with Crippen LogP contribution in [0.15, 0.2) is 78.2 Å². The Labute approximate surface area is 167 Å². The SMILES string of the molecule is COc1cccc(NC(=O)CN(C(=O)C=Cc2cccs2)c2ccccc2)c1. The lowest BCUT2D eigenvalue weighted by Crippen LogP contribution is -2.37. The van der Waals surface area contributed by atoms with Gasteiger partial charge in [0.2, 0.25) is 5.91 Å². The molecule has 0 fully saturated rings. The minimum Gasteiger partial charge on any atom is -0.497 e. The summed E-state index contributed by atoms with van der Waals surface area (Å²) in [7, 11) is 1.57. The number of nitrogens with zero attached hydrogens (tertiary/aromatic N) is 1. The normalized spacial score (nSPS) is 10.6. The Balaban J connectivity index is 1.75. The van der Waals surface area contributed by atoms with Crippen LogP contribution in [0.1, 0.15) is 4.88 Å². The second-order valence-corrected chi connectivity index (χ2v) is 6.87. The molecule has 5 nitrogen and oxygen atoms in total. The molecule has 2 aromatic carbocycles. The summed E-state index contributed by atoms with van der Waals surface area (Å²) in [4.78, 5) is 27.8. The Hall–Kier alpha value is -3.38. The summed E-state index contributed by atoms with van der Waals surface area (Å²) < 4.78 is 5.17. The first kappa shape index (κ1) is 19.4. The van der Waals surface area contributed by atoms with Crippen LogP contribution in [-0.4, -0.2) is 25.5 Å². The van der Waals surface area contributed by atoms with Gasteiger partial charge in [-0.15, -0.1) is 11.3 Å². The molecule has 0 aliphatic rings. The summed E-state index contributed by atoms with van der Waals surface area (Å²) in [5, 5.41) is 4.75. The van der Waals surface area contributed by atoms with Crippen molar-refractivity contribution in [3.8, 4) is 5.75 Å². The van der Waals surface area contributed by atoms with Crippen LogP contribution in [-0.2, 0) is 9.59 Å². The van der Waals surface area contributed by atoms with E-state index in [1.165, 1.54) is 11.0 Å². The number of carbonyl (C=O) groups excluding carboxylic acids is 2.